The quantitative estimate of drug-likeness (QED) is 0.730. The van der Waals surface area contributed by atoms with E-state index in [9.17, 15) is 30.6 Å². The zero-order valence-electron chi connectivity index (χ0n) is 10.4. The maximum absolute atomic E-state index is 13.4. The molecule has 0 N–H and O–H groups in total. The number of alkyl halides is 6. The van der Waals surface area contributed by atoms with Crippen LogP contribution in [-0.2, 0) is 11.0 Å². The van der Waals surface area contributed by atoms with E-state index in [-0.39, 0.29) is 25.9 Å². The predicted octanol–water partition coefficient (Wildman–Crippen LogP) is 3.27. The van der Waals surface area contributed by atoms with E-state index in [1.54, 1.807) is 6.92 Å². The number of rotatable bonds is 4. The van der Waals surface area contributed by atoms with Crippen LogP contribution in [0.15, 0.2) is 0 Å². The van der Waals surface area contributed by atoms with Crippen molar-refractivity contribution in [2.45, 2.75) is 43.8 Å². The van der Waals surface area contributed by atoms with Gasteiger partial charge >= 0.3 is 17.1 Å². The van der Waals surface area contributed by atoms with Gasteiger partial charge in [0, 0.05) is 20.0 Å². The highest BCUT2D eigenvalue weighted by atomic mass is 32.2. The van der Waals surface area contributed by atoms with Crippen molar-refractivity contribution in [2.75, 3.05) is 13.1 Å². The minimum atomic E-state index is -5.66. The van der Waals surface area contributed by atoms with Crippen molar-refractivity contribution in [2.24, 2.45) is 5.92 Å². The Balaban J connectivity index is 2.96. The van der Waals surface area contributed by atoms with Gasteiger partial charge in [-0.1, -0.05) is 6.92 Å². The van der Waals surface area contributed by atoms with Gasteiger partial charge in [0.1, 0.15) is 0 Å². The zero-order valence-corrected chi connectivity index (χ0v) is 11.3. The van der Waals surface area contributed by atoms with Crippen LogP contribution >= 0.6 is 0 Å². The molecule has 0 spiro atoms. The molecule has 2 atom stereocenters. The summed E-state index contributed by atoms with van der Waals surface area (Å²) in [6.07, 6.45) is 1.11. The van der Waals surface area contributed by atoms with Crippen molar-refractivity contribution in [1.82, 2.24) is 4.31 Å². The molecule has 0 aromatic carbocycles. The van der Waals surface area contributed by atoms with E-state index in [1.165, 1.54) is 0 Å². The molecule has 0 aliphatic carbocycles. The number of nitrogens with zero attached hydrogens (tertiary/aromatic N) is 1. The molecule has 1 fully saturated rings. The Kier molecular flexibility index (Phi) is 4.61. The van der Waals surface area contributed by atoms with Crippen molar-refractivity contribution in [1.29, 1.82) is 0 Å². The van der Waals surface area contributed by atoms with Gasteiger partial charge in [-0.25, -0.2) is 8.51 Å². The molecule has 0 aromatic rings. The smallest absolute Gasteiger partial charge is 0.236 e. The standard InChI is InChI=1S/C10H15F6NOS/c1-7-4-3-5-17(6-7)19(18)10(15,16)9(13,14)8(2,11)12/h7H,3-6H2,1-2H3. The molecule has 1 aliphatic heterocycles. The highest BCUT2D eigenvalue weighted by Crippen LogP contribution is 2.48. The molecule has 9 heteroatoms. The van der Waals surface area contributed by atoms with Crippen LogP contribution in [0, 0.1) is 5.92 Å². The maximum atomic E-state index is 13.4. The molecular weight excluding hydrogens is 296 g/mol. The Hall–Kier alpha value is -0.310. The molecule has 1 rings (SSSR count). The van der Waals surface area contributed by atoms with Crippen LogP contribution in [0.1, 0.15) is 26.7 Å². The van der Waals surface area contributed by atoms with Gasteiger partial charge in [0.15, 0.2) is 11.0 Å². The van der Waals surface area contributed by atoms with E-state index >= 15 is 0 Å². The Labute approximate surface area is 109 Å². The second-order valence-corrected chi connectivity index (χ2v) is 6.39. The fraction of sp³-hybridized carbons (Fsp3) is 1.00. The van der Waals surface area contributed by atoms with Gasteiger partial charge in [0.2, 0.25) is 0 Å². The minimum Gasteiger partial charge on any atom is -0.236 e. The van der Waals surface area contributed by atoms with E-state index in [0.717, 1.165) is 0 Å². The summed E-state index contributed by atoms with van der Waals surface area (Å²) >= 11 is 0. The monoisotopic (exact) mass is 311 g/mol. The first kappa shape index (κ1) is 16.7. The number of piperidine rings is 1. The van der Waals surface area contributed by atoms with Gasteiger partial charge < -0.3 is 0 Å². The van der Waals surface area contributed by atoms with Crippen molar-refractivity contribution < 1.29 is 30.6 Å². The SMILES string of the molecule is CC1CCCN(S(=O)C(F)(F)C(F)(F)C(C)(F)F)C1. The summed E-state index contributed by atoms with van der Waals surface area (Å²) in [5.41, 5.74) is 0. The lowest BCUT2D eigenvalue weighted by Gasteiger charge is -2.36. The van der Waals surface area contributed by atoms with Gasteiger partial charge in [-0.05, 0) is 18.8 Å². The van der Waals surface area contributed by atoms with E-state index in [0.29, 0.717) is 17.1 Å². The van der Waals surface area contributed by atoms with Gasteiger partial charge in [-0.2, -0.15) is 26.3 Å². The second kappa shape index (κ2) is 5.23. The van der Waals surface area contributed by atoms with Crippen molar-refractivity contribution >= 4 is 11.0 Å². The van der Waals surface area contributed by atoms with Gasteiger partial charge in [0.05, 0.1) is 0 Å². The highest BCUT2D eigenvalue weighted by molar-refractivity contribution is 7.83. The largest absolute Gasteiger partial charge is 0.402 e. The maximum Gasteiger partial charge on any atom is 0.402 e. The summed E-state index contributed by atoms with van der Waals surface area (Å²) in [6, 6.07) is 0. The van der Waals surface area contributed by atoms with Crippen molar-refractivity contribution in [3.63, 3.8) is 0 Å². The lowest BCUT2D eigenvalue weighted by molar-refractivity contribution is -0.271. The van der Waals surface area contributed by atoms with E-state index in [1.807, 2.05) is 0 Å². The minimum absolute atomic E-state index is 0.0715. The second-order valence-electron chi connectivity index (χ2n) is 4.86. The summed E-state index contributed by atoms with van der Waals surface area (Å²) in [6.45, 7) is 1.23. The third-order valence-electron chi connectivity index (χ3n) is 2.99. The highest BCUT2D eigenvalue weighted by Gasteiger charge is 2.73. The molecule has 0 saturated carbocycles. The first-order valence-electron chi connectivity index (χ1n) is 5.71. The fourth-order valence-corrected chi connectivity index (χ4v) is 3.23. The van der Waals surface area contributed by atoms with Crippen LogP contribution in [0.2, 0.25) is 0 Å². The molecule has 0 amide bonds. The van der Waals surface area contributed by atoms with Crippen molar-refractivity contribution in [3.8, 4) is 0 Å². The summed E-state index contributed by atoms with van der Waals surface area (Å²) in [7, 11) is -3.48. The fourth-order valence-electron chi connectivity index (χ4n) is 1.82. The number of hydrogen-bond acceptors (Lipinski definition) is 1. The average Bonchev–Trinajstić information content (AvgIpc) is 2.26. The molecule has 0 aromatic heterocycles. The van der Waals surface area contributed by atoms with Gasteiger partial charge in [0.25, 0.3) is 0 Å². The Morgan fingerprint density at radius 1 is 1.16 bits per heavy atom. The predicted molar refractivity (Wildman–Crippen MR) is 58.6 cm³/mol. The zero-order chi connectivity index (χ0) is 15.1. The van der Waals surface area contributed by atoms with Gasteiger partial charge in [-0.15, -0.1) is 0 Å². The normalized spacial score (nSPS) is 25.4. The third kappa shape index (κ3) is 3.07. The van der Waals surface area contributed by atoms with E-state index in [2.05, 4.69) is 0 Å². The Morgan fingerprint density at radius 3 is 2.11 bits per heavy atom. The lowest BCUT2D eigenvalue weighted by Crippen LogP contribution is -2.58. The van der Waals surface area contributed by atoms with Crippen LogP contribution in [-0.4, -0.2) is 38.7 Å². The molecule has 1 saturated heterocycles. The first-order chi connectivity index (χ1) is 8.41. The molecular formula is C10H15F6NOS. The topological polar surface area (TPSA) is 20.3 Å². The van der Waals surface area contributed by atoms with Crippen LogP contribution in [0.25, 0.3) is 0 Å². The number of hydrogen-bond donors (Lipinski definition) is 0. The molecule has 1 heterocycles. The summed E-state index contributed by atoms with van der Waals surface area (Å²) in [5.74, 6) is -10.7. The first-order valence-corrected chi connectivity index (χ1v) is 6.82. The molecule has 0 radical (unpaired) electrons. The molecule has 1 aliphatic rings. The third-order valence-corrected chi connectivity index (χ3v) is 4.49. The van der Waals surface area contributed by atoms with Crippen LogP contribution in [0.5, 0.6) is 0 Å². The van der Waals surface area contributed by atoms with Crippen LogP contribution in [0.3, 0.4) is 0 Å². The van der Waals surface area contributed by atoms with Crippen molar-refractivity contribution in [3.05, 3.63) is 0 Å². The summed E-state index contributed by atoms with van der Waals surface area (Å²) in [5, 5.41) is -5.30. The van der Waals surface area contributed by atoms with Gasteiger partial charge in [-0.3, -0.25) is 0 Å². The molecule has 2 nitrogen and oxygen atoms in total. The molecule has 0 bridgehead atoms. The lowest BCUT2D eigenvalue weighted by atomic mass is 10.0. The Bertz CT molecular complexity index is 356. The van der Waals surface area contributed by atoms with Crippen LogP contribution in [0.4, 0.5) is 26.3 Å². The Morgan fingerprint density at radius 2 is 1.68 bits per heavy atom. The number of halogens is 6. The van der Waals surface area contributed by atoms with E-state index < -0.39 is 28.1 Å². The molecule has 19 heavy (non-hydrogen) atoms. The van der Waals surface area contributed by atoms with Crippen LogP contribution < -0.4 is 0 Å². The van der Waals surface area contributed by atoms with E-state index in [4.69, 9.17) is 0 Å². The molecule has 2 unspecified atom stereocenters. The summed E-state index contributed by atoms with van der Waals surface area (Å²) < 4.78 is 90.5. The summed E-state index contributed by atoms with van der Waals surface area (Å²) in [4.78, 5) is 0. The average molecular weight is 311 g/mol. The molecule has 114 valence electrons.